The predicted molar refractivity (Wildman–Crippen MR) is 86.4 cm³/mol. The molecule has 0 spiro atoms. The van der Waals surface area contributed by atoms with Crippen LogP contribution in [0.1, 0.15) is 24.0 Å². The van der Waals surface area contributed by atoms with Gasteiger partial charge in [0.15, 0.2) is 5.76 Å². The topological polar surface area (TPSA) is 75.6 Å². The Morgan fingerprint density at radius 1 is 1.50 bits per heavy atom. The fourth-order valence-electron chi connectivity index (χ4n) is 3.69. The van der Waals surface area contributed by atoms with Crippen LogP contribution in [0.3, 0.4) is 0 Å². The summed E-state index contributed by atoms with van der Waals surface area (Å²) in [5.74, 6) is 1.20. The van der Waals surface area contributed by atoms with Crippen LogP contribution in [0.5, 0.6) is 0 Å². The van der Waals surface area contributed by atoms with Crippen molar-refractivity contribution < 1.29 is 9.21 Å². The average Bonchev–Trinajstić information content (AvgIpc) is 3.32. The fourth-order valence-corrected chi connectivity index (χ4v) is 3.69. The number of hydrogen-bond acceptors (Lipinski definition) is 5. The number of hydrogen-bond donors (Lipinski definition) is 1. The average molecular weight is 323 g/mol. The van der Waals surface area contributed by atoms with Crippen LogP contribution in [-0.2, 0) is 0 Å². The first-order chi connectivity index (χ1) is 11.7. The second kappa shape index (κ2) is 5.73. The molecule has 0 bridgehead atoms. The van der Waals surface area contributed by atoms with Crippen molar-refractivity contribution in [1.29, 1.82) is 0 Å². The van der Waals surface area contributed by atoms with E-state index >= 15 is 0 Å². The van der Waals surface area contributed by atoms with Gasteiger partial charge in [-0.05, 0) is 31.4 Å². The van der Waals surface area contributed by atoms with Crippen LogP contribution in [0.15, 0.2) is 28.9 Å². The Morgan fingerprint density at radius 3 is 3.21 bits per heavy atom. The smallest absolute Gasteiger partial charge is 0.310 e. The van der Waals surface area contributed by atoms with E-state index in [-0.39, 0.29) is 23.7 Å². The summed E-state index contributed by atoms with van der Waals surface area (Å²) in [5, 5.41) is 3.42. The van der Waals surface area contributed by atoms with Crippen molar-refractivity contribution >= 4 is 11.7 Å². The van der Waals surface area contributed by atoms with Crippen molar-refractivity contribution in [3.8, 4) is 11.3 Å². The van der Waals surface area contributed by atoms with E-state index in [4.69, 9.17) is 11.0 Å². The van der Waals surface area contributed by atoms with Gasteiger partial charge in [0.25, 0.3) is 11.7 Å². The first-order valence-corrected chi connectivity index (χ1v) is 8.01. The van der Waals surface area contributed by atoms with Crippen molar-refractivity contribution in [1.82, 2.24) is 20.2 Å². The Balaban J connectivity index is 1.57. The maximum Gasteiger partial charge on any atom is 0.310 e. The van der Waals surface area contributed by atoms with Gasteiger partial charge in [-0.15, -0.1) is 4.98 Å². The third kappa shape index (κ3) is 2.36. The largest absolute Gasteiger partial charge is 0.432 e. The van der Waals surface area contributed by atoms with E-state index in [0.29, 0.717) is 23.3 Å². The number of carbonyl (C=O) groups excluding carboxylic acids is 1. The molecule has 0 aliphatic carbocycles. The summed E-state index contributed by atoms with van der Waals surface area (Å²) in [5.41, 5.74) is 0.693. The molecule has 24 heavy (non-hydrogen) atoms. The normalized spacial score (nSPS) is 25.5. The van der Waals surface area contributed by atoms with Crippen LogP contribution in [0.25, 0.3) is 16.2 Å². The molecule has 0 aromatic carbocycles. The summed E-state index contributed by atoms with van der Waals surface area (Å²) in [4.78, 5) is 26.0. The molecule has 0 unspecified atom stereocenters. The van der Waals surface area contributed by atoms with E-state index in [2.05, 4.69) is 27.1 Å². The second-order valence-electron chi connectivity index (χ2n) is 6.26. The van der Waals surface area contributed by atoms with Crippen molar-refractivity contribution in [2.45, 2.75) is 25.4 Å². The molecule has 3 atom stereocenters. The van der Waals surface area contributed by atoms with Gasteiger partial charge in [-0.2, -0.15) is 0 Å². The number of nitrogens with zero attached hydrogens (tertiary/aromatic N) is 4. The van der Waals surface area contributed by atoms with E-state index < -0.39 is 0 Å². The van der Waals surface area contributed by atoms with Crippen molar-refractivity contribution in [3.63, 3.8) is 0 Å². The number of pyridine rings is 1. The van der Waals surface area contributed by atoms with Crippen molar-refractivity contribution in [2.24, 2.45) is 5.92 Å². The molecule has 2 aromatic rings. The molecule has 122 valence electrons. The summed E-state index contributed by atoms with van der Waals surface area (Å²) < 4.78 is 5.67. The minimum Gasteiger partial charge on any atom is -0.432 e. The third-order valence-electron chi connectivity index (χ3n) is 4.98. The zero-order chi connectivity index (χ0) is 16.7. The quantitative estimate of drug-likeness (QED) is 0.857. The minimum atomic E-state index is -0.163. The SMILES string of the molecule is [C-]#[N+]c1cc(-c2cnc(C(=O)N3CC[C@@H]4[C@H](C)NC[C@@H]43)o2)ccn1. The van der Waals surface area contributed by atoms with Gasteiger partial charge >= 0.3 is 5.91 Å². The molecule has 2 fully saturated rings. The molecule has 4 heterocycles. The lowest BCUT2D eigenvalue weighted by Crippen LogP contribution is -2.39. The molecular formula is C17H17N5O2. The van der Waals surface area contributed by atoms with Crippen LogP contribution < -0.4 is 5.32 Å². The number of nitrogens with one attached hydrogen (secondary N) is 1. The Bertz CT molecular complexity index is 824. The van der Waals surface area contributed by atoms with Crippen LogP contribution in [0.4, 0.5) is 5.82 Å². The molecule has 0 saturated carbocycles. The molecule has 2 saturated heterocycles. The second-order valence-corrected chi connectivity index (χ2v) is 6.26. The highest BCUT2D eigenvalue weighted by Crippen LogP contribution is 2.32. The van der Waals surface area contributed by atoms with Gasteiger partial charge in [-0.1, -0.05) is 6.57 Å². The highest BCUT2D eigenvalue weighted by Gasteiger charge is 2.44. The zero-order valence-corrected chi connectivity index (χ0v) is 13.3. The van der Waals surface area contributed by atoms with Crippen LogP contribution in [0.2, 0.25) is 0 Å². The zero-order valence-electron chi connectivity index (χ0n) is 13.3. The molecule has 2 aliphatic rings. The van der Waals surface area contributed by atoms with Gasteiger partial charge in [0.05, 0.1) is 6.20 Å². The summed E-state index contributed by atoms with van der Waals surface area (Å²) in [7, 11) is 0. The van der Waals surface area contributed by atoms with Crippen LogP contribution in [0, 0.1) is 12.5 Å². The lowest BCUT2D eigenvalue weighted by atomic mass is 9.98. The first kappa shape index (κ1) is 14.8. The number of fused-ring (bicyclic) bond motifs is 1. The highest BCUT2D eigenvalue weighted by atomic mass is 16.4. The minimum absolute atomic E-state index is 0.103. The lowest BCUT2D eigenvalue weighted by molar-refractivity contribution is 0.0697. The number of amides is 1. The van der Waals surface area contributed by atoms with Crippen molar-refractivity contribution in [3.05, 3.63) is 41.8 Å². The van der Waals surface area contributed by atoms with Gasteiger partial charge in [-0.3, -0.25) is 4.79 Å². The van der Waals surface area contributed by atoms with Gasteiger partial charge in [0, 0.05) is 30.7 Å². The van der Waals surface area contributed by atoms with Gasteiger partial charge in [0.1, 0.15) is 6.20 Å². The van der Waals surface area contributed by atoms with E-state index in [1.165, 1.54) is 6.20 Å². The maximum absolute atomic E-state index is 12.7. The van der Waals surface area contributed by atoms with Gasteiger partial charge in [-0.25, -0.2) is 4.98 Å². The summed E-state index contributed by atoms with van der Waals surface area (Å²) in [6.45, 7) is 10.8. The molecule has 0 radical (unpaired) electrons. The summed E-state index contributed by atoms with van der Waals surface area (Å²) >= 11 is 0. The molecule has 1 N–H and O–H groups in total. The Labute approximate surface area is 139 Å². The maximum atomic E-state index is 12.7. The Morgan fingerprint density at radius 2 is 2.38 bits per heavy atom. The molecule has 2 aromatic heterocycles. The fraction of sp³-hybridized carbons (Fsp3) is 0.412. The number of aromatic nitrogens is 2. The number of carbonyl (C=O) groups is 1. The lowest BCUT2D eigenvalue weighted by Gasteiger charge is -2.21. The van der Waals surface area contributed by atoms with Crippen LogP contribution in [-0.4, -0.2) is 45.9 Å². The van der Waals surface area contributed by atoms with Gasteiger partial charge < -0.3 is 19.5 Å². The molecule has 7 heteroatoms. The number of likely N-dealkylation sites (tertiary alicyclic amines) is 1. The third-order valence-corrected chi connectivity index (χ3v) is 4.98. The standard InChI is InChI=1S/C17H17N5O2/c1-10-12-4-6-22(13(12)8-20-10)17(23)16-21-9-14(24-16)11-3-5-19-15(7-11)18-2/h3,5,7,9-10,12-13,20H,4,6,8H2,1H3/t10-,12+,13-/m0/s1. The summed E-state index contributed by atoms with van der Waals surface area (Å²) in [6, 6.07) is 4.02. The highest BCUT2D eigenvalue weighted by molar-refractivity contribution is 5.90. The van der Waals surface area contributed by atoms with Gasteiger partial charge in [0.2, 0.25) is 0 Å². The van der Waals surface area contributed by atoms with E-state index in [0.717, 1.165) is 19.5 Å². The first-order valence-electron chi connectivity index (χ1n) is 8.01. The summed E-state index contributed by atoms with van der Waals surface area (Å²) in [6.07, 6.45) is 4.08. The van der Waals surface area contributed by atoms with E-state index in [1.807, 2.05) is 4.90 Å². The van der Waals surface area contributed by atoms with Crippen molar-refractivity contribution in [2.75, 3.05) is 13.1 Å². The molecule has 1 amide bonds. The Kier molecular flexibility index (Phi) is 3.54. The molecule has 7 nitrogen and oxygen atoms in total. The number of rotatable bonds is 2. The van der Waals surface area contributed by atoms with Crippen LogP contribution >= 0.6 is 0 Å². The monoisotopic (exact) mass is 323 g/mol. The van der Waals surface area contributed by atoms with E-state index in [9.17, 15) is 4.79 Å². The van der Waals surface area contributed by atoms with E-state index in [1.54, 1.807) is 18.3 Å². The predicted octanol–water partition coefficient (Wildman–Crippen LogP) is 2.11. The molecular weight excluding hydrogens is 306 g/mol. The Hall–Kier alpha value is -2.72. The number of oxazole rings is 1. The molecule has 4 rings (SSSR count). The molecule has 2 aliphatic heterocycles.